The van der Waals surface area contributed by atoms with Crippen LogP contribution in [0.3, 0.4) is 0 Å². The Morgan fingerprint density at radius 1 is 1.36 bits per heavy atom. The number of fused-ring (bicyclic) bond motifs is 3. The minimum Gasteiger partial charge on any atom is -0.467 e. The molecule has 0 aliphatic carbocycles. The summed E-state index contributed by atoms with van der Waals surface area (Å²) in [6.07, 6.45) is 1.59. The Balaban J connectivity index is 1.74. The van der Waals surface area contributed by atoms with Gasteiger partial charge in [0.05, 0.1) is 13.7 Å². The van der Waals surface area contributed by atoms with Crippen molar-refractivity contribution in [2.45, 2.75) is 39.3 Å². The van der Waals surface area contributed by atoms with Crippen LogP contribution in [0.25, 0.3) is 10.9 Å². The Hall–Kier alpha value is -2.50. The average Bonchev–Trinajstić information content (AvgIpc) is 3.02. The second kappa shape index (κ2) is 7.17. The number of carbonyl (C=O) groups is 2. The Labute approximate surface area is 147 Å². The molecule has 6 heteroatoms. The summed E-state index contributed by atoms with van der Waals surface area (Å²) < 4.78 is 4.84. The van der Waals surface area contributed by atoms with Crippen molar-refractivity contribution in [2.24, 2.45) is 5.92 Å². The Morgan fingerprint density at radius 2 is 2.12 bits per heavy atom. The summed E-state index contributed by atoms with van der Waals surface area (Å²) in [5, 5.41) is 4.08. The van der Waals surface area contributed by atoms with E-state index in [0.29, 0.717) is 13.1 Å². The third-order valence-electron chi connectivity index (χ3n) is 5.12. The molecule has 0 radical (unpaired) electrons. The Morgan fingerprint density at radius 3 is 2.84 bits per heavy atom. The number of hydrogen-bond donors (Lipinski definition) is 2. The van der Waals surface area contributed by atoms with E-state index in [2.05, 4.69) is 16.4 Å². The Bertz CT molecular complexity index is 783. The van der Waals surface area contributed by atoms with Gasteiger partial charge in [-0.3, -0.25) is 0 Å². The first kappa shape index (κ1) is 17.3. The monoisotopic (exact) mass is 343 g/mol. The van der Waals surface area contributed by atoms with Gasteiger partial charge in [-0.05, 0) is 24.0 Å². The Kier molecular flexibility index (Phi) is 4.97. The van der Waals surface area contributed by atoms with Gasteiger partial charge in [-0.25, -0.2) is 9.59 Å². The molecule has 2 amide bonds. The van der Waals surface area contributed by atoms with Crippen LogP contribution in [0, 0.1) is 5.92 Å². The lowest BCUT2D eigenvalue weighted by atomic mass is 9.99. The lowest BCUT2D eigenvalue weighted by molar-refractivity contribution is -0.144. The molecule has 3 rings (SSSR count). The van der Waals surface area contributed by atoms with Crippen LogP contribution in [0.15, 0.2) is 24.3 Å². The van der Waals surface area contributed by atoms with E-state index in [0.717, 1.165) is 24.1 Å². The molecule has 0 saturated carbocycles. The van der Waals surface area contributed by atoms with Crippen LogP contribution in [-0.4, -0.2) is 41.6 Å². The number of nitrogens with one attached hydrogen (secondary N) is 2. The molecule has 2 atom stereocenters. The van der Waals surface area contributed by atoms with Crippen molar-refractivity contribution in [1.82, 2.24) is 15.2 Å². The predicted molar refractivity (Wildman–Crippen MR) is 96.2 cm³/mol. The van der Waals surface area contributed by atoms with Crippen molar-refractivity contribution >= 4 is 22.9 Å². The van der Waals surface area contributed by atoms with Crippen molar-refractivity contribution in [3.63, 3.8) is 0 Å². The molecular weight excluding hydrogens is 318 g/mol. The number of aromatic nitrogens is 1. The second-order valence-corrected chi connectivity index (χ2v) is 6.64. The van der Waals surface area contributed by atoms with Gasteiger partial charge in [-0.1, -0.05) is 38.5 Å². The number of carbonyl (C=O) groups excluding carboxylic acids is 2. The van der Waals surface area contributed by atoms with Crippen molar-refractivity contribution in [1.29, 1.82) is 0 Å². The third kappa shape index (κ3) is 3.34. The van der Waals surface area contributed by atoms with Gasteiger partial charge >= 0.3 is 12.0 Å². The van der Waals surface area contributed by atoms with Gasteiger partial charge in [0, 0.05) is 23.1 Å². The fraction of sp³-hybridized carbons (Fsp3) is 0.474. The molecule has 2 aromatic rings. The van der Waals surface area contributed by atoms with Gasteiger partial charge in [0.2, 0.25) is 0 Å². The summed E-state index contributed by atoms with van der Waals surface area (Å²) in [5.41, 5.74) is 3.45. The number of aromatic amines is 1. The zero-order valence-electron chi connectivity index (χ0n) is 15.0. The summed E-state index contributed by atoms with van der Waals surface area (Å²) in [7, 11) is 1.35. The van der Waals surface area contributed by atoms with Crippen LogP contribution in [-0.2, 0) is 22.5 Å². The smallest absolute Gasteiger partial charge is 0.328 e. The summed E-state index contributed by atoms with van der Waals surface area (Å²) in [6, 6.07) is 7.35. The summed E-state index contributed by atoms with van der Waals surface area (Å²) in [4.78, 5) is 29.8. The standard InChI is InChI=1S/C19H25N3O3/c1-4-12(2)17(18(23)25-3)21-19(24)22-10-9-14-13-7-5-6-8-15(13)20-16(14)11-22/h5-8,12,17,20H,4,9-11H2,1-3H3,(H,21,24)/t12?,17-/m0/s1. The first-order valence-electron chi connectivity index (χ1n) is 8.76. The molecule has 25 heavy (non-hydrogen) atoms. The molecule has 0 bridgehead atoms. The molecule has 1 aromatic carbocycles. The lowest BCUT2D eigenvalue weighted by Crippen LogP contribution is -2.51. The number of urea groups is 1. The zero-order valence-corrected chi connectivity index (χ0v) is 15.0. The van der Waals surface area contributed by atoms with E-state index in [1.807, 2.05) is 32.0 Å². The summed E-state index contributed by atoms with van der Waals surface area (Å²) in [6.45, 7) is 5.08. The largest absolute Gasteiger partial charge is 0.467 e. The third-order valence-corrected chi connectivity index (χ3v) is 5.12. The van der Waals surface area contributed by atoms with E-state index in [9.17, 15) is 9.59 Å². The second-order valence-electron chi connectivity index (χ2n) is 6.64. The van der Waals surface area contributed by atoms with E-state index in [1.165, 1.54) is 18.1 Å². The molecule has 134 valence electrons. The van der Waals surface area contributed by atoms with Crippen LogP contribution in [0.2, 0.25) is 0 Å². The van der Waals surface area contributed by atoms with Gasteiger partial charge < -0.3 is 19.9 Å². The van der Waals surface area contributed by atoms with Crippen LogP contribution >= 0.6 is 0 Å². The van der Waals surface area contributed by atoms with Crippen LogP contribution in [0.1, 0.15) is 31.5 Å². The molecule has 1 aliphatic heterocycles. The van der Waals surface area contributed by atoms with Gasteiger partial charge in [-0.15, -0.1) is 0 Å². The number of hydrogen-bond acceptors (Lipinski definition) is 3. The number of benzene rings is 1. The number of rotatable bonds is 4. The topological polar surface area (TPSA) is 74.4 Å². The van der Waals surface area contributed by atoms with Crippen LogP contribution in [0.4, 0.5) is 4.79 Å². The average molecular weight is 343 g/mol. The van der Waals surface area contributed by atoms with Crippen molar-refractivity contribution < 1.29 is 14.3 Å². The number of para-hydroxylation sites is 1. The van der Waals surface area contributed by atoms with Gasteiger partial charge in [0.15, 0.2) is 0 Å². The summed E-state index contributed by atoms with van der Waals surface area (Å²) >= 11 is 0. The predicted octanol–water partition coefficient (Wildman–Crippen LogP) is 2.82. The number of amides is 2. The minimum atomic E-state index is -0.619. The molecule has 0 spiro atoms. The van der Waals surface area contributed by atoms with E-state index in [-0.39, 0.29) is 11.9 Å². The minimum absolute atomic E-state index is 0.0184. The van der Waals surface area contributed by atoms with E-state index >= 15 is 0 Å². The number of methoxy groups -OCH3 is 1. The zero-order chi connectivity index (χ0) is 18.0. The fourth-order valence-corrected chi connectivity index (χ4v) is 3.39. The first-order chi connectivity index (χ1) is 12.0. The normalized spacial score (nSPS) is 16.2. The highest BCUT2D eigenvalue weighted by atomic mass is 16.5. The maximum absolute atomic E-state index is 12.7. The highest BCUT2D eigenvalue weighted by Gasteiger charge is 2.30. The maximum atomic E-state index is 12.7. The number of H-pyrrole nitrogens is 1. The highest BCUT2D eigenvalue weighted by molar-refractivity contribution is 5.86. The van der Waals surface area contributed by atoms with Crippen molar-refractivity contribution in [2.75, 3.05) is 13.7 Å². The SMILES string of the molecule is CCC(C)[C@H](NC(=O)N1CCc2c([nH]c3ccccc23)C1)C(=O)OC. The fourth-order valence-electron chi connectivity index (χ4n) is 3.39. The van der Waals surface area contributed by atoms with Crippen molar-refractivity contribution in [3.05, 3.63) is 35.5 Å². The number of ether oxygens (including phenoxy) is 1. The molecule has 6 nitrogen and oxygen atoms in total. The van der Waals surface area contributed by atoms with Gasteiger partial charge in [-0.2, -0.15) is 0 Å². The summed E-state index contributed by atoms with van der Waals surface area (Å²) in [5.74, 6) is -0.379. The van der Waals surface area contributed by atoms with E-state index in [4.69, 9.17) is 4.74 Å². The van der Waals surface area contributed by atoms with Gasteiger partial charge in [0.25, 0.3) is 0 Å². The highest BCUT2D eigenvalue weighted by Crippen LogP contribution is 2.27. The molecule has 2 N–H and O–H groups in total. The maximum Gasteiger partial charge on any atom is 0.328 e. The van der Waals surface area contributed by atoms with E-state index < -0.39 is 12.0 Å². The van der Waals surface area contributed by atoms with E-state index in [1.54, 1.807) is 4.90 Å². The van der Waals surface area contributed by atoms with Crippen LogP contribution < -0.4 is 5.32 Å². The number of nitrogens with zero attached hydrogens (tertiary/aromatic N) is 1. The molecule has 0 fully saturated rings. The number of esters is 1. The molecule has 1 aliphatic rings. The molecule has 1 unspecified atom stereocenters. The molecule has 0 saturated heterocycles. The van der Waals surface area contributed by atoms with Crippen LogP contribution in [0.5, 0.6) is 0 Å². The molecule has 1 aromatic heterocycles. The molecule has 2 heterocycles. The first-order valence-corrected chi connectivity index (χ1v) is 8.76. The van der Waals surface area contributed by atoms with Crippen molar-refractivity contribution in [3.8, 4) is 0 Å². The lowest BCUT2D eigenvalue weighted by Gasteiger charge is -2.30. The van der Waals surface area contributed by atoms with Gasteiger partial charge in [0.1, 0.15) is 6.04 Å². The quantitative estimate of drug-likeness (QED) is 0.838. The molecular formula is C19H25N3O3.